The van der Waals surface area contributed by atoms with Gasteiger partial charge in [0.1, 0.15) is 11.5 Å². The van der Waals surface area contributed by atoms with Gasteiger partial charge in [0.25, 0.3) is 5.91 Å². The molecule has 0 aliphatic carbocycles. The number of sulfone groups is 1. The van der Waals surface area contributed by atoms with Gasteiger partial charge in [-0.25, -0.2) is 8.42 Å². The molecule has 9 heteroatoms. The van der Waals surface area contributed by atoms with Crippen LogP contribution in [0.4, 0.5) is 5.88 Å². The Morgan fingerprint density at radius 2 is 2.00 bits per heavy atom. The van der Waals surface area contributed by atoms with Crippen LogP contribution in [0.2, 0.25) is 5.02 Å². The van der Waals surface area contributed by atoms with E-state index in [2.05, 4.69) is 4.90 Å². The molecule has 31 heavy (non-hydrogen) atoms. The summed E-state index contributed by atoms with van der Waals surface area (Å²) < 4.78 is 35.4. The topological polar surface area (TPSA) is 80.1 Å². The fourth-order valence-electron chi connectivity index (χ4n) is 4.26. The minimum absolute atomic E-state index is 0.0394. The van der Waals surface area contributed by atoms with Crippen molar-refractivity contribution in [3.05, 3.63) is 46.7 Å². The van der Waals surface area contributed by atoms with E-state index in [0.717, 1.165) is 31.8 Å². The monoisotopic (exact) mass is 466 g/mol. The van der Waals surface area contributed by atoms with Crippen LogP contribution < -0.4 is 9.64 Å². The van der Waals surface area contributed by atoms with Gasteiger partial charge < -0.3 is 19.0 Å². The molecule has 2 aliphatic heterocycles. The number of amides is 1. The van der Waals surface area contributed by atoms with E-state index in [0.29, 0.717) is 28.5 Å². The lowest BCUT2D eigenvalue weighted by molar-refractivity contribution is 0.0666. The molecule has 0 radical (unpaired) electrons. The molecule has 0 bridgehead atoms. The summed E-state index contributed by atoms with van der Waals surface area (Å²) in [7, 11) is -1.65. The quantitative estimate of drug-likeness (QED) is 0.644. The predicted molar refractivity (Wildman–Crippen MR) is 120 cm³/mol. The number of ether oxygens (including phenoxy) is 1. The van der Waals surface area contributed by atoms with E-state index in [-0.39, 0.29) is 24.0 Å². The van der Waals surface area contributed by atoms with Gasteiger partial charge in [-0.1, -0.05) is 11.6 Å². The lowest BCUT2D eigenvalue weighted by Gasteiger charge is -2.28. The summed E-state index contributed by atoms with van der Waals surface area (Å²) in [6, 6.07) is 8.24. The standard InChI is InChI=1S/C22H27ClN2O5S/c1-29-20-7-5-16(13-19(20)23)22(26)25(17-9-12-31(27,28)15-17)14-18-6-8-21(30-18)24-10-3-2-4-11-24/h5-8,13,17H,2-4,9-12,14-15H2,1H3. The zero-order valence-corrected chi connectivity index (χ0v) is 19.1. The van der Waals surface area contributed by atoms with Crippen molar-refractivity contribution in [2.75, 3.05) is 36.6 Å². The largest absolute Gasteiger partial charge is 0.495 e. The molecule has 2 fully saturated rings. The number of furan rings is 1. The van der Waals surface area contributed by atoms with E-state index in [1.807, 2.05) is 12.1 Å². The summed E-state index contributed by atoms with van der Waals surface area (Å²) in [4.78, 5) is 17.2. The maximum Gasteiger partial charge on any atom is 0.254 e. The summed E-state index contributed by atoms with van der Waals surface area (Å²) in [5, 5.41) is 0.331. The zero-order valence-electron chi connectivity index (χ0n) is 17.5. The van der Waals surface area contributed by atoms with Crippen LogP contribution in [0.1, 0.15) is 41.8 Å². The van der Waals surface area contributed by atoms with Gasteiger partial charge in [-0.15, -0.1) is 0 Å². The van der Waals surface area contributed by atoms with Crippen LogP contribution >= 0.6 is 11.6 Å². The van der Waals surface area contributed by atoms with Crippen molar-refractivity contribution in [3.8, 4) is 5.75 Å². The van der Waals surface area contributed by atoms with Crippen molar-refractivity contribution in [2.24, 2.45) is 0 Å². The van der Waals surface area contributed by atoms with Crippen molar-refractivity contribution in [2.45, 2.75) is 38.3 Å². The first kappa shape index (κ1) is 22.0. The van der Waals surface area contributed by atoms with Crippen LogP contribution in [0.3, 0.4) is 0 Å². The average molecular weight is 467 g/mol. The smallest absolute Gasteiger partial charge is 0.254 e. The highest BCUT2D eigenvalue weighted by atomic mass is 35.5. The Balaban J connectivity index is 1.58. The van der Waals surface area contributed by atoms with E-state index >= 15 is 0 Å². The molecule has 3 heterocycles. The maximum atomic E-state index is 13.4. The van der Waals surface area contributed by atoms with Crippen LogP contribution in [-0.4, -0.2) is 57.0 Å². The summed E-state index contributed by atoms with van der Waals surface area (Å²) in [6.45, 7) is 2.12. The number of nitrogens with zero attached hydrogens (tertiary/aromatic N) is 2. The van der Waals surface area contributed by atoms with Crippen molar-refractivity contribution in [1.82, 2.24) is 4.90 Å². The van der Waals surface area contributed by atoms with E-state index in [1.165, 1.54) is 13.5 Å². The van der Waals surface area contributed by atoms with Crippen LogP contribution in [0.25, 0.3) is 0 Å². The number of methoxy groups -OCH3 is 1. The number of carbonyl (C=O) groups is 1. The molecule has 0 N–H and O–H groups in total. The third-order valence-corrected chi connectivity index (χ3v) is 8.00. The van der Waals surface area contributed by atoms with Gasteiger partial charge in [0.05, 0.1) is 30.2 Å². The third-order valence-electron chi connectivity index (χ3n) is 5.95. The molecule has 1 amide bonds. The lowest BCUT2D eigenvalue weighted by Crippen LogP contribution is -2.40. The van der Waals surface area contributed by atoms with Crippen molar-refractivity contribution in [3.63, 3.8) is 0 Å². The molecule has 7 nitrogen and oxygen atoms in total. The van der Waals surface area contributed by atoms with Gasteiger partial charge in [-0.3, -0.25) is 4.79 Å². The van der Waals surface area contributed by atoms with Crippen LogP contribution in [0.15, 0.2) is 34.7 Å². The summed E-state index contributed by atoms with van der Waals surface area (Å²) in [5.74, 6) is 1.68. The molecule has 0 saturated carbocycles. The first-order chi connectivity index (χ1) is 14.9. The average Bonchev–Trinajstić information content (AvgIpc) is 3.38. The number of benzene rings is 1. The number of anilines is 1. The Morgan fingerprint density at radius 1 is 1.23 bits per heavy atom. The highest BCUT2D eigenvalue weighted by Crippen LogP contribution is 2.29. The fraction of sp³-hybridized carbons (Fsp3) is 0.500. The number of piperidine rings is 1. The Morgan fingerprint density at radius 3 is 2.65 bits per heavy atom. The number of hydrogen-bond donors (Lipinski definition) is 0. The molecule has 1 atom stereocenters. The van der Waals surface area contributed by atoms with E-state index in [9.17, 15) is 13.2 Å². The van der Waals surface area contributed by atoms with Gasteiger partial charge in [0, 0.05) is 30.8 Å². The summed E-state index contributed by atoms with van der Waals surface area (Å²) in [5.41, 5.74) is 0.387. The van der Waals surface area contributed by atoms with Crippen LogP contribution in [0.5, 0.6) is 5.75 Å². The maximum absolute atomic E-state index is 13.4. The highest BCUT2D eigenvalue weighted by molar-refractivity contribution is 7.91. The van der Waals surface area contributed by atoms with Gasteiger partial charge in [0.15, 0.2) is 15.7 Å². The summed E-state index contributed by atoms with van der Waals surface area (Å²) >= 11 is 6.22. The SMILES string of the molecule is COc1ccc(C(=O)N(Cc2ccc(N3CCCCC3)o2)C2CCS(=O)(=O)C2)cc1Cl. The van der Waals surface area contributed by atoms with Crippen molar-refractivity contribution >= 4 is 33.2 Å². The second-order valence-electron chi connectivity index (χ2n) is 8.13. The van der Waals surface area contributed by atoms with Gasteiger partial charge >= 0.3 is 0 Å². The highest BCUT2D eigenvalue weighted by Gasteiger charge is 2.35. The minimum atomic E-state index is -3.16. The first-order valence-electron chi connectivity index (χ1n) is 10.5. The molecule has 1 unspecified atom stereocenters. The molecule has 4 rings (SSSR count). The van der Waals surface area contributed by atoms with E-state index in [1.54, 1.807) is 23.1 Å². The third kappa shape index (κ3) is 5.01. The minimum Gasteiger partial charge on any atom is -0.495 e. The van der Waals surface area contributed by atoms with Gasteiger partial charge in [0.2, 0.25) is 0 Å². The Labute approximate surface area is 187 Å². The molecular formula is C22H27ClN2O5S. The first-order valence-corrected chi connectivity index (χ1v) is 12.7. The number of rotatable bonds is 6. The number of halogens is 1. The van der Waals surface area contributed by atoms with Crippen LogP contribution in [-0.2, 0) is 16.4 Å². The lowest BCUT2D eigenvalue weighted by atomic mass is 10.1. The molecule has 168 valence electrons. The predicted octanol–water partition coefficient (Wildman–Crippen LogP) is 3.76. The molecule has 1 aromatic carbocycles. The van der Waals surface area contributed by atoms with E-state index in [4.69, 9.17) is 20.8 Å². The summed E-state index contributed by atoms with van der Waals surface area (Å²) in [6.07, 6.45) is 3.92. The Hall–Kier alpha value is -2.19. The van der Waals surface area contributed by atoms with Crippen molar-refractivity contribution < 1.29 is 22.4 Å². The second-order valence-corrected chi connectivity index (χ2v) is 10.8. The zero-order chi connectivity index (χ0) is 22.0. The van der Waals surface area contributed by atoms with E-state index < -0.39 is 15.9 Å². The number of carbonyl (C=O) groups excluding carboxylic acids is 1. The Kier molecular flexibility index (Phi) is 6.48. The van der Waals surface area contributed by atoms with Gasteiger partial charge in [-0.05, 0) is 49.9 Å². The molecule has 2 aromatic rings. The normalized spacial score (nSPS) is 20.6. The fourth-order valence-corrected chi connectivity index (χ4v) is 6.25. The Bertz CT molecular complexity index is 1050. The number of hydrogen-bond acceptors (Lipinski definition) is 6. The molecular weight excluding hydrogens is 440 g/mol. The second kappa shape index (κ2) is 9.12. The molecule has 2 aliphatic rings. The van der Waals surface area contributed by atoms with Crippen molar-refractivity contribution in [1.29, 1.82) is 0 Å². The van der Waals surface area contributed by atoms with Crippen LogP contribution in [0, 0.1) is 0 Å². The van der Waals surface area contributed by atoms with Gasteiger partial charge in [-0.2, -0.15) is 0 Å². The molecule has 1 aromatic heterocycles. The molecule has 2 saturated heterocycles. The molecule has 0 spiro atoms.